The minimum absolute atomic E-state index is 0.315. The van der Waals surface area contributed by atoms with Crippen LogP contribution in [0.3, 0.4) is 0 Å². The molecule has 0 aromatic carbocycles. The van der Waals surface area contributed by atoms with Gasteiger partial charge < -0.3 is 9.47 Å². The van der Waals surface area contributed by atoms with Gasteiger partial charge in [-0.3, -0.25) is 0 Å². The number of rotatable bonds is 9. The Bertz CT molecular complexity index is 318. The lowest BCUT2D eigenvalue weighted by Crippen LogP contribution is -2.17. The molecule has 0 aliphatic heterocycles. The highest BCUT2D eigenvalue weighted by Gasteiger charge is 2.21. The minimum Gasteiger partial charge on any atom is -0.463 e. The van der Waals surface area contributed by atoms with Gasteiger partial charge in [0.1, 0.15) is 0 Å². The van der Waals surface area contributed by atoms with Crippen LogP contribution in [0, 0.1) is 0 Å². The van der Waals surface area contributed by atoms with Gasteiger partial charge in [-0.25, -0.2) is 9.59 Å². The molecule has 0 aromatic heterocycles. The molecule has 0 atom stereocenters. The van der Waals surface area contributed by atoms with Crippen LogP contribution in [0.5, 0.6) is 0 Å². The van der Waals surface area contributed by atoms with Crippen LogP contribution in [-0.2, 0) is 19.1 Å². The Hall–Kier alpha value is -1.32. The molecular formula is C15H26O4. The summed E-state index contributed by atoms with van der Waals surface area (Å²) in [6, 6.07) is 0. The highest BCUT2D eigenvalue weighted by atomic mass is 16.5. The molecule has 0 amide bonds. The van der Waals surface area contributed by atoms with Crippen molar-refractivity contribution in [2.45, 2.75) is 59.8 Å². The van der Waals surface area contributed by atoms with Gasteiger partial charge in [-0.05, 0) is 33.1 Å². The van der Waals surface area contributed by atoms with Crippen molar-refractivity contribution in [1.82, 2.24) is 0 Å². The molecule has 0 saturated heterocycles. The summed E-state index contributed by atoms with van der Waals surface area (Å²) in [5.74, 6) is -0.768. The third-order valence-corrected chi connectivity index (χ3v) is 2.69. The van der Waals surface area contributed by atoms with Crippen molar-refractivity contribution >= 4 is 11.9 Å². The standard InChI is InChI=1S/C15H26O4/c1-5-9-11-13(15(17)19-8-4)12(10-6-2)14(16)18-7-3/h5-11H2,1-4H3/b13-12-. The quantitative estimate of drug-likeness (QED) is 0.476. The van der Waals surface area contributed by atoms with E-state index in [1.807, 2.05) is 13.8 Å². The molecule has 0 radical (unpaired) electrons. The molecule has 0 aliphatic rings. The average molecular weight is 270 g/mol. The van der Waals surface area contributed by atoms with Crippen LogP contribution in [-0.4, -0.2) is 25.2 Å². The molecule has 0 bridgehead atoms. The largest absolute Gasteiger partial charge is 0.463 e. The monoisotopic (exact) mass is 270 g/mol. The first-order valence-corrected chi connectivity index (χ1v) is 7.18. The van der Waals surface area contributed by atoms with E-state index in [2.05, 4.69) is 0 Å². The highest BCUT2D eigenvalue weighted by Crippen LogP contribution is 2.20. The smallest absolute Gasteiger partial charge is 0.334 e. The number of ether oxygens (including phenoxy) is 2. The van der Waals surface area contributed by atoms with E-state index < -0.39 is 0 Å². The molecule has 19 heavy (non-hydrogen) atoms. The Morgan fingerprint density at radius 1 is 0.737 bits per heavy atom. The van der Waals surface area contributed by atoms with Gasteiger partial charge in [-0.1, -0.05) is 26.7 Å². The summed E-state index contributed by atoms with van der Waals surface area (Å²) in [6.07, 6.45) is 3.75. The van der Waals surface area contributed by atoms with E-state index in [0.29, 0.717) is 37.2 Å². The zero-order valence-corrected chi connectivity index (χ0v) is 12.6. The van der Waals surface area contributed by atoms with E-state index in [4.69, 9.17) is 9.47 Å². The molecule has 0 aromatic rings. The summed E-state index contributed by atoms with van der Waals surface area (Å²) in [7, 11) is 0. The van der Waals surface area contributed by atoms with E-state index >= 15 is 0 Å². The SMILES string of the molecule is CCCC/C(C(=O)OCC)=C(\CCC)C(=O)OCC. The van der Waals surface area contributed by atoms with Gasteiger partial charge in [0.15, 0.2) is 0 Å². The first-order valence-electron chi connectivity index (χ1n) is 7.18. The predicted molar refractivity (Wildman–Crippen MR) is 74.7 cm³/mol. The first-order chi connectivity index (χ1) is 9.12. The maximum absolute atomic E-state index is 12.0. The van der Waals surface area contributed by atoms with E-state index in [0.717, 1.165) is 19.3 Å². The number of esters is 2. The van der Waals surface area contributed by atoms with Gasteiger partial charge in [-0.2, -0.15) is 0 Å². The number of carbonyl (C=O) groups is 2. The van der Waals surface area contributed by atoms with Crippen LogP contribution in [0.15, 0.2) is 11.1 Å². The second-order valence-electron chi connectivity index (χ2n) is 4.25. The number of unbranched alkanes of at least 4 members (excludes halogenated alkanes) is 1. The third-order valence-electron chi connectivity index (χ3n) is 2.69. The van der Waals surface area contributed by atoms with Crippen molar-refractivity contribution in [3.8, 4) is 0 Å². The minimum atomic E-state index is -0.386. The number of hydrogen-bond donors (Lipinski definition) is 0. The molecule has 0 unspecified atom stereocenters. The lowest BCUT2D eigenvalue weighted by Gasteiger charge is -2.13. The predicted octanol–water partition coefficient (Wildman–Crippen LogP) is 3.40. The van der Waals surface area contributed by atoms with E-state index in [-0.39, 0.29) is 11.9 Å². The van der Waals surface area contributed by atoms with Crippen LogP contribution in [0.4, 0.5) is 0 Å². The zero-order chi connectivity index (χ0) is 14.7. The Morgan fingerprint density at radius 2 is 1.21 bits per heavy atom. The molecule has 0 rings (SSSR count). The molecule has 0 heterocycles. The van der Waals surface area contributed by atoms with Crippen molar-refractivity contribution in [3.63, 3.8) is 0 Å². The van der Waals surface area contributed by atoms with Gasteiger partial charge in [0, 0.05) is 11.1 Å². The first kappa shape index (κ1) is 17.7. The zero-order valence-electron chi connectivity index (χ0n) is 12.6. The Kier molecular flexibility index (Phi) is 9.85. The summed E-state index contributed by atoms with van der Waals surface area (Å²) < 4.78 is 10.1. The van der Waals surface area contributed by atoms with Gasteiger partial charge in [0.05, 0.1) is 13.2 Å². The molecule has 4 nitrogen and oxygen atoms in total. The fourth-order valence-electron chi connectivity index (χ4n) is 1.79. The van der Waals surface area contributed by atoms with Crippen LogP contribution < -0.4 is 0 Å². The summed E-state index contributed by atoms with van der Waals surface area (Å²) in [5.41, 5.74) is 0.972. The Morgan fingerprint density at radius 3 is 1.58 bits per heavy atom. The summed E-state index contributed by atoms with van der Waals surface area (Å²) in [4.78, 5) is 23.9. The normalized spacial score (nSPS) is 11.8. The van der Waals surface area contributed by atoms with Crippen LogP contribution >= 0.6 is 0 Å². The van der Waals surface area contributed by atoms with Crippen LogP contribution in [0.25, 0.3) is 0 Å². The van der Waals surface area contributed by atoms with Crippen LogP contribution in [0.2, 0.25) is 0 Å². The highest BCUT2D eigenvalue weighted by molar-refractivity contribution is 6.00. The van der Waals surface area contributed by atoms with E-state index in [1.165, 1.54) is 0 Å². The molecule has 0 spiro atoms. The average Bonchev–Trinajstić information content (AvgIpc) is 2.38. The summed E-state index contributed by atoms with van der Waals surface area (Å²) in [6.45, 7) is 8.18. The lowest BCUT2D eigenvalue weighted by atomic mass is 9.99. The topological polar surface area (TPSA) is 52.6 Å². The number of hydrogen-bond acceptors (Lipinski definition) is 4. The fourth-order valence-corrected chi connectivity index (χ4v) is 1.79. The Balaban J connectivity index is 5.28. The van der Waals surface area contributed by atoms with Crippen molar-refractivity contribution in [1.29, 1.82) is 0 Å². The molecular weight excluding hydrogens is 244 g/mol. The van der Waals surface area contributed by atoms with Gasteiger partial charge in [-0.15, -0.1) is 0 Å². The van der Waals surface area contributed by atoms with E-state index in [9.17, 15) is 9.59 Å². The molecule has 0 aliphatic carbocycles. The van der Waals surface area contributed by atoms with E-state index in [1.54, 1.807) is 13.8 Å². The molecule has 110 valence electrons. The fraction of sp³-hybridized carbons (Fsp3) is 0.733. The second-order valence-corrected chi connectivity index (χ2v) is 4.25. The lowest BCUT2D eigenvalue weighted by molar-refractivity contribution is -0.142. The van der Waals surface area contributed by atoms with Crippen molar-refractivity contribution in [2.24, 2.45) is 0 Å². The summed E-state index contributed by atoms with van der Waals surface area (Å²) in [5, 5.41) is 0. The van der Waals surface area contributed by atoms with Gasteiger partial charge in [0.25, 0.3) is 0 Å². The number of carbonyl (C=O) groups excluding carboxylic acids is 2. The Labute approximate surface area is 116 Å². The summed E-state index contributed by atoms with van der Waals surface area (Å²) >= 11 is 0. The van der Waals surface area contributed by atoms with Crippen molar-refractivity contribution in [2.75, 3.05) is 13.2 Å². The molecule has 0 saturated carbocycles. The maximum atomic E-state index is 12.0. The molecule has 4 heteroatoms. The molecule has 0 fully saturated rings. The van der Waals surface area contributed by atoms with Crippen molar-refractivity contribution < 1.29 is 19.1 Å². The maximum Gasteiger partial charge on any atom is 0.334 e. The molecule has 0 N–H and O–H groups in total. The van der Waals surface area contributed by atoms with Crippen LogP contribution in [0.1, 0.15) is 59.8 Å². The van der Waals surface area contributed by atoms with Crippen molar-refractivity contribution in [3.05, 3.63) is 11.1 Å². The van der Waals surface area contributed by atoms with Gasteiger partial charge >= 0.3 is 11.9 Å². The third kappa shape index (κ3) is 6.41. The second kappa shape index (κ2) is 10.6. The van der Waals surface area contributed by atoms with Gasteiger partial charge in [0.2, 0.25) is 0 Å².